The molecule has 2 fully saturated rings. The standard InChI is InChI=1S/C25H33F3N4O2/c1-17-3-4-21(32-6-5-19(15-32)14-25(26,27)28)13-22(17)20-11-23(29-18(2)16-33)30-24(12-20)31-7-9-34-10-8-31/h3-4,11-13,18-19,33H,5-10,14-16H2,1-2H3,(H,29,30)/t18-,19+/m1/s1. The highest BCUT2D eigenvalue weighted by Gasteiger charge is 2.35. The summed E-state index contributed by atoms with van der Waals surface area (Å²) in [5.74, 6) is 1.15. The highest BCUT2D eigenvalue weighted by Crippen LogP contribution is 2.36. The first-order valence-electron chi connectivity index (χ1n) is 11.9. The molecule has 0 radical (unpaired) electrons. The van der Waals surface area contributed by atoms with E-state index in [1.807, 2.05) is 32.0 Å². The molecule has 6 nitrogen and oxygen atoms in total. The normalized spacial score (nSPS) is 20.0. The van der Waals surface area contributed by atoms with Gasteiger partial charge >= 0.3 is 6.18 Å². The average Bonchev–Trinajstić information content (AvgIpc) is 3.26. The van der Waals surface area contributed by atoms with Crippen molar-refractivity contribution in [3.8, 4) is 11.1 Å². The summed E-state index contributed by atoms with van der Waals surface area (Å²) in [5, 5.41) is 12.8. The van der Waals surface area contributed by atoms with E-state index in [2.05, 4.69) is 27.2 Å². The van der Waals surface area contributed by atoms with Crippen molar-refractivity contribution in [3.63, 3.8) is 0 Å². The van der Waals surface area contributed by atoms with E-state index in [1.54, 1.807) is 0 Å². The number of hydrogen-bond donors (Lipinski definition) is 2. The second-order valence-electron chi connectivity index (χ2n) is 9.35. The number of aliphatic hydroxyl groups is 1. The lowest BCUT2D eigenvalue weighted by Gasteiger charge is -2.29. The van der Waals surface area contributed by atoms with Crippen LogP contribution in [0.2, 0.25) is 0 Å². The predicted molar refractivity (Wildman–Crippen MR) is 129 cm³/mol. The molecule has 1 aromatic carbocycles. The van der Waals surface area contributed by atoms with Crippen LogP contribution in [-0.4, -0.2) is 68.3 Å². The Balaban J connectivity index is 1.64. The van der Waals surface area contributed by atoms with Gasteiger partial charge in [-0.15, -0.1) is 0 Å². The minimum Gasteiger partial charge on any atom is -0.394 e. The van der Waals surface area contributed by atoms with Gasteiger partial charge in [0.1, 0.15) is 11.6 Å². The molecule has 9 heteroatoms. The molecule has 0 bridgehead atoms. The zero-order chi connectivity index (χ0) is 24.3. The summed E-state index contributed by atoms with van der Waals surface area (Å²) in [6.07, 6.45) is -4.30. The molecule has 2 aliphatic rings. The molecule has 2 aliphatic heterocycles. The van der Waals surface area contributed by atoms with Gasteiger partial charge in [-0.25, -0.2) is 4.98 Å². The van der Waals surface area contributed by atoms with E-state index in [0.717, 1.165) is 41.3 Å². The lowest BCUT2D eigenvalue weighted by molar-refractivity contribution is -0.142. The number of aliphatic hydroxyl groups excluding tert-OH is 1. The lowest BCUT2D eigenvalue weighted by Crippen LogP contribution is -2.37. The Bertz CT molecular complexity index is 979. The van der Waals surface area contributed by atoms with Gasteiger partial charge in [-0.1, -0.05) is 6.07 Å². The predicted octanol–water partition coefficient (Wildman–Crippen LogP) is 4.47. The van der Waals surface area contributed by atoms with E-state index in [9.17, 15) is 18.3 Å². The summed E-state index contributed by atoms with van der Waals surface area (Å²) in [6, 6.07) is 9.97. The summed E-state index contributed by atoms with van der Waals surface area (Å²) >= 11 is 0. The van der Waals surface area contributed by atoms with Gasteiger partial charge in [-0.3, -0.25) is 0 Å². The lowest BCUT2D eigenvalue weighted by atomic mass is 9.99. The topological polar surface area (TPSA) is 60.9 Å². The quantitative estimate of drug-likeness (QED) is 0.613. The van der Waals surface area contributed by atoms with Crippen LogP contribution in [0.25, 0.3) is 11.1 Å². The number of morpholine rings is 1. The maximum absolute atomic E-state index is 12.9. The zero-order valence-electron chi connectivity index (χ0n) is 19.7. The van der Waals surface area contributed by atoms with Crippen molar-refractivity contribution in [1.82, 2.24) is 4.98 Å². The van der Waals surface area contributed by atoms with Crippen LogP contribution in [0.1, 0.15) is 25.3 Å². The molecule has 0 spiro atoms. The summed E-state index contributed by atoms with van der Waals surface area (Å²) in [6.45, 7) is 7.73. The first-order chi connectivity index (χ1) is 16.2. The Kier molecular flexibility index (Phi) is 7.52. The van der Waals surface area contributed by atoms with Gasteiger partial charge in [0.2, 0.25) is 0 Å². The number of benzene rings is 1. The Hall–Kier alpha value is -2.52. The maximum Gasteiger partial charge on any atom is 0.389 e. The van der Waals surface area contributed by atoms with E-state index in [4.69, 9.17) is 9.72 Å². The van der Waals surface area contributed by atoms with Crippen LogP contribution in [0.15, 0.2) is 30.3 Å². The summed E-state index contributed by atoms with van der Waals surface area (Å²) in [7, 11) is 0. The van der Waals surface area contributed by atoms with E-state index < -0.39 is 12.6 Å². The number of pyridine rings is 1. The molecular formula is C25H33F3N4O2. The molecule has 1 aromatic heterocycles. The second-order valence-corrected chi connectivity index (χ2v) is 9.35. The third-order valence-electron chi connectivity index (χ3n) is 6.52. The van der Waals surface area contributed by atoms with E-state index in [0.29, 0.717) is 38.5 Å². The summed E-state index contributed by atoms with van der Waals surface area (Å²) < 4.78 is 44.1. The third kappa shape index (κ3) is 6.13. The van der Waals surface area contributed by atoms with Crippen LogP contribution in [-0.2, 0) is 4.74 Å². The average molecular weight is 479 g/mol. The number of rotatable bonds is 7. The van der Waals surface area contributed by atoms with Gasteiger partial charge in [0.15, 0.2) is 0 Å². The molecule has 2 aromatic rings. The van der Waals surface area contributed by atoms with E-state index >= 15 is 0 Å². The minimum absolute atomic E-state index is 0.0125. The fourth-order valence-electron chi connectivity index (χ4n) is 4.68. The summed E-state index contributed by atoms with van der Waals surface area (Å²) in [5.41, 5.74) is 4.02. The SMILES string of the molecule is Cc1ccc(N2CC[C@@H](CC(F)(F)F)C2)cc1-c1cc(N[C@H](C)CO)nc(N2CCOCC2)c1. The van der Waals surface area contributed by atoms with E-state index in [-0.39, 0.29) is 18.6 Å². The van der Waals surface area contributed by atoms with Gasteiger partial charge in [-0.2, -0.15) is 13.2 Å². The van der Waals surface area contributed by atoms with Crippen molar-refractivity contribution in [1.29, 1.82) is 0 Å². The molecule has 34 heavy (non-hydrogen) atoms. The van der Waals surface area contributed by atoms with Crippen molar-refractivity contribution in [2.45, 2.75) is 38.9 Å². The second kappa shape index (κ2) is 10.4. The number of aryl methyl sites for hydroxylation is 1. The van der Waals surface area contributed by atoms with Gasteiger partial charge in [0, 0.05) is 44.3 Å². The number of nitrogens with one attached hydrogen (secondary N) is 1. The largest absolute Gasteiger partial charge is 0.394 e. The highest BCUT2D eigenvalue weighted by atomic mass is 19.4. The number of alkyl halides is 3. The molecule has 0 saturated carbocycles. The monoisotopic (exact) mass is 478 g/mol. The first kappa shape index (κ1) is 24.6. The number of anilines is 3. The van der Waals surface area contributed by atoms with Crippen LogP contribution >= 0.6 is 0 Å². The fourth-order valence-corrected chi connectivity index (χ4v) is 4.68. The molecular weight excluding hydrogens is 445 g/mol. The number of ether oxygens (including phenoxy) is 1. The smallest absolute Gasteiger partial charge is 0.389 e. The van der Waals surface area contributed by atoms with Crippen molar-refractivity contribution >= 4 is 17.3 Å². The van der Waals surface area contributed by atoms with Crippen LogP contribution in [0.3, 0.4) is 0 Å². The van der Waals surface area contributed by atoms with Gasteiger partial charge < -0.3 is 25.0 Å². The molecule has 3 heterocycles. The Morgan fingerprint density at radius 2 is 1.91 bits per heavy atom. The Labute approximate surface area is 198 Å². The Morgan fingerprint density at radius 3 is 2.62 bits per heavy atom. The maximum atomic E-state index is 12.9. The number of hydrogen-bond acceptors (Lipinski definition) is 6. The van der Waals surface area contributed by atoms with Crippen LogP contribution in [0.5, 0.6) is 0 Å². The molecule has 186 valence electrons. The van der Waals surface area contributed by atoms with Crippen molar-refractivity contribution in [3.05, 3.63) is 35.9 Å². The molecule has 0 aliphatic carbocycles. The molecule has 2 saturated heterocycles. The van der Waals surface area contributed by atoms with Crippen molar-refractivity contribution < 1.29 is 23.0 Å². The van der Waals surface area contributed by atoms with Gasteiger partial charge in [0.05, 0.1) is 19.8 Å². The van der Waals surface area contributed by atoms with Crippen LogP contribution in [0.4, 0.5) is 30.5 Å². The number of aromatic nitrogens is 1. The van der Waals surface area contributed by atoms with Crippen LogP contribution < -0.4 is 15.1 Å². The van der Waals surface area contributed by atoms with Gasteiger partial charge in [-0.05, 0) is 67.1 Å². The molecule has 4 rings (SSSR count). The van der Waals surface area contributed by atoms with Crippen LogP contribution in [0, 0.1) is 12.8 Å². The number of halogens is 3. The molecule has 2 atom stereocenters. The number of nitrogens with zero attached hydrogens (tertiary/aromatic N) is 3. The van der Waals surface area contributed by atoms with Gasteiger partial charge in [0.25, 0.3) is 0 Å². The van der Waals surface area contributed by atoms with Crippen molar-refractivity contribution in [2.75, 3.05) is 61.1 Å². The molecule has 2 N–H and O–H groups in total. The van der Waals surface area contributed by atoms with Crippen molar-refractivity contribution in [2.24, 2.45) is 5.92 Å². The Morgan fingerprint density at radius 1 is 1.15 bits per heavy atom. The third-order valence-corrected chi connectivity index (χ3v) is 6.52. The minimum atomic E-state index is -4.12. The fraction of sp³-hybridized carbons (Fsp3) is 0.560. The van der Waals surface area contributed by atoms with E-state index in [1.165, 1.54) is 0 Å². The first-order valence-corrected chi connectivity index (χ1v) is 11.9. The molecule has 0 unspecified atom stereocenters. The zero-order valence-corrected chi connectivity index (χ0v) is 19.7. The molecule has 0 amide bonds. The summed E-state index contributed by atoms with van der Waals surface area (Å²) in [4.78, 5) is 9.01. The highest BCUT2D eigenvalue weighted by molar-refractivity contribution is 5.76.